The Labute approximate surface area is 157 Å². The summed E-state index contributed by atoms with van der Waals surface area (Å²) in [7, 11) is 0. The summed E-state index contributed by atoms with van der Waals surface area (Å²) in [4.78, 5) is 17.1. The second kappa shape index (κ2) is 7.70. The van der Waals surface area contributed by atoms with Crippen molar-refractivity contribution in [3.8, 4) is 5.88 Å². The molecule has 0 spiro atoms. The van der Waals surface area contributed by atoms with Crippen molar-refractivity contribution in [3.05, 3.63) is 75.1 Å². The fourth-order valence-electron chi connectivity index (χ4n) is 2.65. The smallest absolute Gasteiger partial charge is 0.229 e. The fraction of sp³-hybridized carbons (Fsp3) is 0.238. The van der Waals surface area contributed by atoms with Crippen LogP contribution in [0.2, 0.25) is 0 Å². The third kappa shape index (κ3) is 4.29. The summed E-state index contributed by atoms with van der Waals surface area (Å²) >= 11 is 1.39. The van der Waals surface area contributed by atoms with Crippen molar-refractivity contribution in [2.24, 2.45) is 0 Å². The Hall–Kier alpha value is -2.66. The number of benzene rings is 2. The lowest BCUT2D eigenvalue weighted by atomic mass is 10.0. The van der Waals surface area contributed by atoms with Crippen molar-refractivity contribution in [1.29, 1.82) is 0 Å². The number of hydrogen-bond acceptors (Lipinski definition) is 4. The summed E-state index contributed by atoms with van der Waals surface area (Å²) in [6, 6.07) is 15.9. The second-order valence-corrected chi connectivity index (χ2v) is 7.64. The van der Waals surface area contributed by atoms with Gasteiger partial charge in [-0.25, -0.2) is 4.98 Å². The Morgan fingerprint density at radius 3 is 2.27 bits per heavy atom. The van der Waals surface area contributed by atoms with Crippen molar-refractivity contribution in [2.75, 3.05) is 5.32 Å². The number of aromatic nitrogens is 1. The highest BCUT2D eigenvalue weighted by Gasteiger charge is 2.19. The van der Waals surface area contributed by atoms with Gasteiger partial charge in [0, 0.05) is 11.6 Å². The molecule has 1 amide bonds. The molecule has 1 heterocycles. The van der Waals surface area contributed by atoms with Gasteiger partial charge in [-0.05, 0) is 31.5 Å². The predicted octanol–water partition coefficient (Wildman–Crippen LogP) is 4.80. The molecule has 0 aliphatic heterocycles. The Morgan fingerprint density at radius 2 is 1.65 bits per heavy atom. The molecule has 2 N–H and O–H groups in total. The first kappa shape index (κ1) is 18.1. The number of rotatable bonds is 5. The zero-order valence-electron chi connectivity index (χ0n) is 15.1. The number of nitrogens with one attached hydrogen (secondary N) is 1. The number of hydrogen-bond donors (Lipinski definition) is 2. The third-order valence-electron chi connectivity index (χ3n) is 4.30. The summed E-state index contributed by atoms with van der Waals surface area (Å²) in [5.74, 6) is -0.147. The molecule has 2 aromatic carbocycles. The highest BCUT2D eigenvalue weighted by atomic mass is 32.1. The minimum atomic E-state index is -0.164. The van der Waals surface area contributed by atoms with Crippen LogP contribution in [0.4, 0.5) is 5.69 Å². The maximum atomic E-state index is 12.3. The van der Waals surface area contributed by atoms with E-state index in [1.165, 1.54) is 16.9 Å². The van der Waals surface area contributed by atoms with Gasteiger partial charge in [0.2, 0.25) is 11.8 Å². The molecule has 134 valence electrons. The molecule has 1 aromatic heterocycles. The van der Waals surface area contributed by atoms with Crippen LogP contribution in [-0.4, -0.2) is 16.0 Å². The van der Waals surface area contributed by atoms with Crippen molar-refractivity contribution in [1.82, 2.24) is 4.98 Å². The molecular formula is C21H22N2O2S. The molecule has 1 unspecified atom stereocenters. The number of thiazole rings is 1. The van der Waals surface area contributed by atoms with Crippen LogP contribution < -0.4 is 5.32 Å². The quantitative estimate of drug-likeness (QED) is 0.682. The van der Waals surface area contributed by atoms with E-state index in [0.717, 1.165) is 21.8 Å². The molecule has 0 saturated carbocycles. The number of aromatic hydroxyl groups is 1. The SMILES string of the molecule is Cc1ccc(NC(=O)Cc2sc(C(C)c3ccc(C)cc3)nc2O)cc1. The van der Waals surface area contributed by atoms with Crippen LogP contribution >= 0.6 is 11.3 Å². The van der Waals surface area contributed by atoms with Gasteiger partial charge in [0.1, 0.15) is 5.01 Å². The lowest BCUT2D eigenvalue weighted by Gasteiger charge is -2.08. The molecule has 0 saturated heterocycles. The lowest BCUT2D eigenvalue weighted by Crippen LogP contribution is -2.13. The monoisotopic (exact) mass is 366 g/mol. The summed E-state index contributed by atoms with van der Waals surface area (Å²) < 4.78 is 0. The zero-order chi connectivity index (χ0) is 18.7. The van der Waals surface area contributed by atoms with Crippen LogP contribution in [0.5, 0.6) is 5.88 Å². The van der Waals surface area contributed by atoms with Gasteiger partial charge >= 0.3 is 0 Å². The molecule has 0 aliphatic rings. The van der Waals surface area contributed by atoms with Gasteiger partial charge in [0.05, 0.1) is 11.3 Å². The Morgan fingerprint density at radius 1 is 1.08 bits per heavy atom. The van der Waals surface area contributed by atoms with Crippen LogP contribution in [0.25, 0.3) is 0 Å². The van der Waals surface area contributed by atoms with E-state index in [2.05, 4.69) is 48.4 Å². The van der Waals surface area contributed by atoms with Crippen LogP contribution in [0.15, 0.2) is 48.5 Å². The Bertz CT molecular complexity index is 899. The number of nitrogens with zero attached hydrogens (tertiary/aromatic N) is 1. The minimum absolute atomic E-state index is 0.0528. The molecule has 0 aliphatic carbocycles. The number of carbonyl (C=O) groups excluding carboxylic acids is 1. The topological polar surface area (TPSA) is 62.2 Å². The maximum Gasteiger partial charge on any atom is 0.229 e. The van der Waals surface area contributed by atoms with E-state index in [0.29, 0.717) is 4.88 Å². The highest BCUT2D eigenvalue weighted by Crippen LogP contribution is 2.33. The third-order valence-corrected chi connectivity index (χ3v) is 5.52. The average molecular weight is 366 g/mol. The van der Waals surface area contributed by atoms with Crippen molar-refractivity contribution >= 4 is 22.9 Å². The molecule has 0 bridgehead atoms. The summed E-state index contributed by atoms with van der Waals surface area (Å²) in [5, 5.41) is 13.8. The zero-order valence-corrected chi connectivity index (χ0v) is 15.9. The van der Waals surface area contributed by atoms with Crippen molar-refractivity contribution < 1.29 is 9.90 Å². The van der Waals surface area contributed by atoms with Crippen LogP contribution in [0.3, 0.4) is 0 Å². The Balaban J connectivity index is 1.70. The fourth-order valence-corrected chi connectivity index (χ4v) is 3.68. The largest absolute Gasteiger partial charge is 0.492 e. The average Bonchev–Trinajstić information content (AvgIpc) is 2.97. The molecular weight excluding hydrogens is 344 g/mol. The highest BCUT2D eigenvalue weighted by molar-refractivity contribution is 7.12. The van der Waals surface area contributed by atoms with Gasteiger partial charge < -0.3 is 10.4 Å². The molecule has 3 aromatic rings. The van der Waals surface area contributed by atoms with E-state index >= 15 is 0 Å². The molecule has 0 radical (unpaired) electrons. The van der Waals surface area contributed by atoms with Crippen LogP contribution in [0, 0.1) is 13.8 Å². The molecule has 1 atom stereocenters. The summed E-state index contributed by atoms with van der Waals surface area (Å²) in [6.45, 7) is 6.10. The van der Waals surface area contributed by atoms with Gasteiger partial charge in [0.15, 0.2) is 0 Å². The van der Waals surface area contributed by atoms with Gasteiger partial charge in [0.25, 0.3) is 0 Å². The van der Waals surface area contributed by atoms with Gasteiger partial charge in [-0.3, -0.25) is 4.79 Å². The van der Waals surface area contributed by atoms with Gasteiger partial charge in [-0.2, -0.15) is 0 Å². The number of anilines is 1. The van der Waals surface area contributed by atoms with E-state index in [9.17, 15) is 9.90 Å². The van der Waals surface area contributed by atoms with E-state index in [1.807, 2.05) is 31.2 Å². The molecule has 5 heteroatoms. The molecule has 26 heavy (non-hydrogen) atoms. The van der Waals surface area contributed by atoms with E-state index in [1.54, 1.807) is 0 Å². The van der Waals surface area contributed by atoms with E-state index in [4.69, 9.17) is 0 Å². The standard InChI is InChI=1S/C21H22N2O2S/c1-13-4-8-16(9-5-13)15(3)21-23-20(25)18(26-21)12-19(24)22-17-10-6-14(2)7-11-17/h4-11,15,25H,12H2,1-3H3,(H,22,24). The van der Waals surface area contributed by atoms with Gasteiger partial charge in [-0.15, -0.1) is 11.3 Å². The maximum absolute atomic E-state index is 12.3. The van der Waals surface area contributed by atoms with E-state index < -0.39 is 0 Å². The van der Waals surface area contributed by atoms with Crippen LogP contribution in [0.1, 0.15) is 39.4 Å². The first-order chi connectivity index (χ1) is 12.4. The normalized spacial score (nSPS) is 12.0. The first-order valence-electron chi connectivity index (χ1n) is 8.54. The van der Waals surface area contributed by atoms with Crippen LogP contribution in [-0.2, 0) is 11.2 Å². The van der Waals surface area contributed by atoms with Gasteiger partial charge in [-0.1, -0.05) is 54.4 Å². The number of carbonyl (C=O) groups is 1. The lowest BCUT2D eigenvalue weighted by molar-refractivity contribution is -0.115. The van der Waals surface area contributed by atoms with E-state index in [-0.39, 0.29) is 24.1 Å². The second-order valence-electron chi connectivity index (χ2n) is 6.52. The molecule has 3 rings (SSSR count). The molecule has 0 fully saturated rings. The van der Waals surface area contributed by atoms with Crippen molar-refractivity contribution in [2.45, 2.75) is 33.1 Å². The summed E-state index contributed by atoms with van der Waals surface area (Å²) in [6.07, 6.45) is 0.109. The Kier molecular flexibility index (Phi) is 5.38. The number of aryl methyl sites for hydroxylation is 2. The van der Waals surface area contributed by atoms with Crippen molar-refractivity contribution in [3.63, 3.8) is 0 Å². The molecule has 4 nitrogen and oxygen atoms in total. The summed E-state index contributed by atoms with van der Waals surface area (Å²) in [5.41, 5.74) is 4.23. The minimum Gasteiger partial charge on any atom is -0.492 e. The predicted molar refractivity (Wildman–Crippen MR) is 106 cm³/mol. The number of amides is 1. The first-order valence-corrected chi connectivity index (χ1v) is 9.35.